The lowest BCUT2D eigenvalue weighted by molar-refractivity contribution is -0.256. The van der Waals surface area contributed by atoms with Crippen molar-refractivity contribution in [2.75, 3.05) is 67.0 Å². The van der Waals surface area contributed by atoms with Crippen molar-refractivity contribution in [1.82, 2.24) is 40.5 Å². The number of fused-ring (bicyclic) bond motifs is 6. The summed E-state index contributed by atoms with van der Waals surface area (Å²) in [4.78, 5) is 119. The molecule has 6 amide bonds. The van der Waals surface area contributed by atoms with Crippen LogP contribution in [-0.4, -0.2) is 219 Å². The molecule has 6 aliphatic rings. The SMILES string of the molecule is COc1cccc2c1C(=O)c1c(O)c3c(c(O)c1C2=O)C[C@@](O)(C(=O)NCCOCNC(=O)[C@H](C)NC(=O)[C@H](C)NC(=O)[C@H](C)NC(=O)COC(=O)NS(=O)(=O)N1CCC(C(=O)O)CC1)C[C@@H]3O[C@H]1C[C@H]2[C@H](O[C@@H]3[C@@H](OC)OCCN32)[C@H](C)O1. The zero-order chi connectivity index (χ0) is 61.1. The quantitative estimate of drug-likeness (QED) is 0.0303. The molecule has 2 aromatic carbocycles. The van der Waals surface area contributed by atoms with Crippen molar-refractivity contribution < 1.29 is 110 Å². The zero-order valence-electron chi connectivity index (χ0n) is 46.6. The van der Waals surface area contributed by atoms with Gasteiger partial charge in [-0.05, 0) is 46.6 Å². The van der Waals surface area contributed by atoms with Crippen LogP contribution in [0.25, 0.3) is 0 Å². The number of phenols is 2. The molecule has 2 aliphatic carbocycles. The van der Waals surface area contributed by atoms with Crippen LogP contribution in [0.2, 0.25) is 0 Å². The lowest BCUT2D eigenvalue weighted by atomic mass is 9.72. The molecule has 4 fully saturated rings. The fourth-order valence-electron chi connectivity index (χ4n) is 11.1. The van der Waals surface area contributed by atoms with E-state index in [1.165, 1.54) is 53.2 Å². The highest BCUT2D eigenvalue weighted by molar-refractivity contribution is 7.87. The van der Waals surface area contributed by atoms with Crippen LogP contribution in [0.1, 0.15) is 102 Å². The number of carboxylic acids is 1. The first kappa shape index (κ1) is 62.9. The monoisotopic (exact) mass is 1200 g/mol. The molecule has 8 rings (SSSR count). The number of aromatic hydroxyl groups is 2. The smallest absolute Gasteiger partial charge is 0.422 e. The number of methoxy groups -OCH3 is 2. The first-order valence-corrected chi connectivity index (χ1v) is 28.4. The number of benzene rings is 2. The van der Waals surface area contributed by atoms with E-state index in [0.717, 1.165) is 4.31 Å². The van der Waals surface area contributed by atoms with E-state index in [2.05, 4.69) is 36.2 Å². The molecule has 0 bridgehead atoms. The minimum Gasteiger partial charge on any atom is -0.507 e. The fourth-order valence-corrected chi connectivity index (χ4v) is 12.2. The highest BCUT2D eigenvalue weighted by Gasteiger charge is 2.55. The third kappa shape index (κ3) is 13.2. The van der Waals surface area contributed by atoms with Crippen LogP contribution in [0.4, 0.5) is 4.79 Å². The second-order valence-electron chi connectivity index (χ2n) is 21.0. The van der Waals surface area contributed by atoms with Gasteiger partial charge in [0.25, 0.3) is 11.8 Å². The second kappa shape index (κ2) is 26.0. The molecule has 11 atom stereocenters. The summed E-state index contributed by atoms with van der Waals surface area (Å²) in [5.41, 5.74) is -4.05. The average Bonchev–Trinajstić information content (AvgIpc) is 1.10. The standard InChI is InChI=1S/C52H68N8O23S/c1-23(56-46(68)25(3)57-45(67)24(2)55-33(61)21-80-51(72)58-84(74,75)59-13-10-27(11-14-59)48(69)70)44(66)54-22-78-16-12-53-50(71)52(73)19-29-36(42(65)38-37(40(29)63)39(62)28-8-7-9-31(76-5)35(28)41(38)64)32(20-52)82-34-18-30-43(26(4)81-34)83-47-49(77-6)79-17-15-60(30)47/h7-9,23-27,30,32,34,43,47,49,63,65,73H,10-22H2,1-6H3,(H,53,71)(H,54,66)(H,55,61)(H,56,68)(H,57,67)(H,58,72)(H,69,70)/t23-,24-,25-,26-,30-,32-,34-,43+,47+,49-,52-/m0/s1. The maximum atomic E-state index is 14.2. The van der Waals surface area contributed by atoms with Gasteiger partial charge in [-0.3, -0.25) is 43.3 Å². The number of aliphatic carboxylic acids is 1. The summed E-state index contributed by atoms with van der Waals surface area (Å²) in [7, 11) is -1.59. The lowest BCUT2D eigenvalue weighted by Crippen LogP contribution is -2.55. The minimum absolute atomic E-state index is 0.0303. The molecule has 0 unspecified atom stereocenters. The van der Waals surface area contributed by atoms with E-state index in [-0.39, 0.29) is 79.5 Å². The molecule has 0 radical (unpaired) electrons. The molecule has 4 saturated heterocycles. The molecular weight excluding hydrogens is 1140 g/mol. The number of carbonyl (C=O) groups excluding carboxylic acids is 8. The van der Waals surface area contributed by atoms with Crippen molar-refractivity contribution in [3.05, 3.63) is 51.6 Å². The summed E-state index contributed by atoms with van der Waals surface area (Å²) in [5.74, 6) is -9.21. The number of hydrogen-bond acceptors (Lipinski definition) is 23. The van der Waals surface area contributed by atoms with Crippen LogP contribution in [-0.2, 0) is 78.6 Å². The highest BCUT2D eigenvalue weighted by atomic mass is 32.2. The van der Waals surface area contributed by atoms with Gasteiger partial charge < -0.3 is 84.9 Å². The zero-order valence-corrected chi connectivity index (χ0v) is 47.4. The Bertz CT molecular complexity index is 3050. The van der Waals surface area contributed by atoms with E-state index >= 15 is 0 Å². The van der Waals surface area contributed by atoms with Crippen LogP contribution < -0.4 is 36.0 Å². The Morgan fingerprint density at radius 3 is 2.19 bits per heavy atom. The predicted octanol–water partition coefficient (Wildman–Crippen LogP) is -2.36. The Hall–Kier alpha value is -7.14. The van der Waals surface area contributed by atoms with Gasteiger partial charge in [0, 0.05) is 75.3 Å². The number of rotatable bonds is 21. The number of ether oxygens (including phenoxy) is 8. The number of phenolic OH excluding ortho intramolecular Hbond substituents is 2. The average molecular weight is 1210 g/mol. The normalized spacial score (nSPS) is 26.1. The largest absolute Gasteiger partial charge is 0.507 e. The van der Waals surface area contributed by atoms with Crippen LogP contribution in [0.5, 0.6) is 17.2 Å². The molecular formula is C52H68N8O23S. The summed E-state index contributed by atoms with van der Waals surface area (Å²) in [6.07, 6.45) is -7.16. The van der Waals surface area contributed by atoms with Crippen molar-refractivity contribution in [1.29, 1.82) is 0 Å². The van der Waals surface area contributed by atoms with Crippen molar-refractivity contribution in [2.45, 2.75) is 127 Å². The van der Waals surface area contributed by atoms with E-state index in [9.17, 15) is 66.9 Å². The van der Waals surface area contributed by atoms with Gasteiger partial charge in [0.05, 0.1) is 55.1 Å². The summed E-state index contributed by atoms with van der Waals surface area (Å²) in [6, 6.07) is 0.326. The van der Waals surface area contributed by atoms with Gasteiger partial charge >= 0.3 is 22.3 Å². The summed E-state index contributed by atoms with van der Waals surface area (Å²) in [6.45, 7) is 4.28. The molecule has 0 aromatic heterocycles. The van der Waals surface area contributed by atoms with Crippen LogP contribution in [0, 0.1) is 5.92 Å². The molecule has 32 heteroatoms. The van der Waals surface area contributed by atoms with Gasteiger partial charge in [-0.15, -0.1) is 0 Å². The molecule has 0 saturated carbocycles. The number of hydrogen-bond donors (Lipinski definition) is 10. The topological polar surface area (TPSA) is 421 Å². The Balaban J connectivity index is 0.818. The molecule has 4 heterocycles. The summed E-state index contributed by atoms with van der Waals surface area (Å²) < 4.78 is 73.5. The number of piperidine rings is 1. The third-order valence-electron chi connectivity index (χ3n) is 15.4. The van der Waals surface area contributed by atoms with Gasteiger partial charge in [-0.1, -0.05) is 12.1 Å². The maximum absolute atomic E-state index is 14.2. The molecule has 0 spiro atoms. The predicted molar refractivity (Wildman–Crippen MR) is 282 cm³/mol. The van der Waals surface area contributed by atoms with Crippen molar-refractivity contribution in [2.24, 2.45) is 5.92 Å². The number of carbonyl (C=O) groups is 9. The third-order valence-corrected chi connectivity index (χ3v) is 16.9. The number of carboxylic acid groups (broad SMARTS) is 1. The van der Waals surface area contributed by atoms with E-state index in [1.807, 2.05) is 0 Å². The number of nitrogens with zero attached hydrogens (tertiary/aromatic N) is 2. The Morgan fingerprint density at radius 1 is 0.857 bits per heavy atom. The van der Waals surface area contributed by atoms with Gasteiger partial charge in [0.1, 0.15) is 53.8 Å². The molecule has 10 N–H and O–H groups in total. The van der Waals surface area contributed by atoms with Gasteiger partial charge in [0.15, 0.2) is 31.2 Å². The van der Waals surface area contributed by atoms with Gasteiger partial charge in [0.2, 0.25) is 23.5 Å². The van der Waals surface area contributed by atoms with Crippen LogP contribution in [0.15, 0.2) is 18.2 Å². The summed E-state index contributed by atoms with van der Waals surface area (Å²) >= 11 is 0. The second-order valence-corrected chi connectivity index (χ2v) is 22.7. The number of ketones is 2. The lowest BCUT2D eigenvalue weighted by Gasteiger charge is -2.43. The minimum atomic E-state index is -4.40. The Morgan fingerprint density at radius 2 is 1.52 bits per heavy atom. The molecule has 31 nitrogen and oxygen atoms in total. The molecule has 460 valence electrons. The first-order chi connectivity index (χ1) is 39.8. The number of morpholine rings is 1. The summed E-state index contributed by atoms with van der Waals surface area (Å²) in [5, 5.41) is 57.5. The number of nitrogens with one attached hydrogen (secondary N) is 6. The Kier molecular flexibility index (Phi) is 19.5. The van der Waals surface area contributed by atoms with E-state index in [4.69, 9.17) is 38.3 Å². The van der Waals surface area contributed by atoms with Crippen molar-refractivity contribution in [3.8, 4) is 17.2 Å². The van der Waals surface area contributed by atoms with Crippen molar-refractivity contribution >= 4 is 63.4 Å². The van der Waals surface area contributed by atoms with Crippen LogP contribution >= 0.6 is 0 Å². The Labute approximate surface area is 480 Å². The van der Waals surface area contributed by atoms with Crippen molar-refractivity contribution in [3.63, 3.8) is 0 Å². The molecule has 2 aromatic rings. The first-order valence-electron chi connectivity index (χ1n) is 27.0. The highest BCUT2D eigenvalue weighted by Crippen LogP contribution is 2.53. The fraction of sp³-hybridized carbons (Fsp3) is 0.596. The number of amides is 6. The van der Waals surface area contributed by atoms with Gasteiger partial charge in [-0.2, -0.15) is 12.7 Å². The number of aliphatic hydroxyl groups is 1. The van der Waals surface area contributed by atoms with Crippen LogP contribution in [0.3, 0.4) is 0 Å². The molecule has 4 aliphatic heterocycles. The maximum Gasteiger partial charge on any atom is 0.422 e. The van der Waals surface area contributed by atoms with E-state index in [0.29, 0.717) is 13.2 Å². The van der Waals surface area contributed by atoms with Gasteiger partial charge in [-0.25, -0.2) is 9.52 Å². The van der Waals surface area contributed by atoms with E-state index < -0.39 is 179 Å². The van der Waals surface area contributed by atoms with E-state index in [1.54, 1.807) is 11.6 Å². The molecule has 84 heavy (non-hydrogen) atoms.